The van der Waals surface area contributed by atoms with E-state index in [9.17, 15) is 9.59 Å². The molecule has 2 heterocycles. The van der Waals surface area contributed by atoms with Gasteiger partial charge in [0.1, 0.15) is 23.4 Å². The van der Waals surface area contributed by atoms with Gasteiger partial charge < -0.3 is 19.4 Å². The average molecular weight is 419 g/mol. The molecular formula is C22H21N5O4. The summed E-state index contributed by atoms with van der Waals surface area (Å²) < 4.78 is 12.6. The number of H-pyrrole nitrogens is 1. The number of nitrogens with one attached hydrogen (secondary N) is 2. The lowest BCUT2D eigenvalue weighted by molar-refractivity contribution is 0.0937. The Bertz CT molecular complexity index is 1290. The molecule has 0 bridgehead atoms. The maximum absolute atomic E-state index is 13.3. The third kappa shape index (κ3) is 3.85. The molecule has 0 radical (unpaired) electrons. The summed E-state index contributed by atoms with van der Waals surface area (Å²) in [6.07, 6.45) is 3.44. The van der Waals surface area contributed by atoms with Crippen molar-refractivity contribution in [1.29, 1.82) is 0 Å². The molecule has 0 aliphatic rings. The third-order valence-corrected chi connectivity index (χ3v) is 5.01. The number of aromatic nitrogens is 4. The number of aromatic amines is 1. The normalized spacial score (nSPS) is 11.8. The lowest BCUT2D eigenvalue weighted by atomic mass is 10.0. The Morgan fingerprint density at radius 2 is 1.77 bits per heavy atom. The largest absolute Gasteiger partial charge is 0.497 e. The van der Waals surface area contributed by atoms with Crippen molar-refractivity contribution in [1.82, 2.24) is 25.1 Å². The van der Waals surface area contributed by atoms with Crippen molar-refractivity contribution in [3.05, 3.63) is 82.3 Å². The monoisotopic (exact) mass is 419 g/mol. The number of hydrogen-bond acceptors (Lipinski definition) is 6. The van der Waals surface area contributed by atoms with Crippen molar-refractivity contribution in [3.63, 3.8) is 0 Å². The molecule has 158 valence electrons. The van der Waals surface area contributed by atoms with Gasteiger partial charge in [0, 0.05) is 30.9 Å². The minimum Gasteiger partial charge on any atom is -0.497 e. The van der Waals surface area contributed by atoms with E-state index in [1.54, 1.807) is 69.1 Å². The van der Waals surface area contributed by atoms with E-state index in [1.165, 1.54) is 0 Å². The Labute approximate surface area is 177 Å². The van der Waals surface area contributed by atoms with E-state index < -0.39 is 11.9 Å². The van der Waals surface area contributed by atoms with Gasteiger partial charge in [-0.15, -0.1) is 0 Å². The molecule has 9 nitrogen and oxygen atoms in total. The molecule has 0 fully saturated rings. The maximum Gasteiger partial charge on any atom is 0.273 e. The Kier molecular flexibility index (Phi) is 5.40. The first-order valence-electron chi connectivity index (χ1n) is 9.50. The van der Waals surface area contributed by atoms with Crippen LogP contribution in [0.5, 0.6) is 11.5 Å². The highest BCUT2D eigenvalue weighted by atomic mass is 16.5. The number of fused-ring (bicyclic) bond motifs is 1. The SMILES string of the molecule is COc1cc(OC)cc(C(NC(=O)c2n[nH]c(=O)c3ccccc23)c2nccn2C)c1. The van der Waals surface area contributed by atoms with Gasteiger partial charge in [-0.25, -0.2) is 10.1 Å². The first kappa shape index (κ1) is 20.1. The molecule has 4 aromatic rings. The van der Waals surface area contributed by atoms with Crippen LogP contribution in [0.4, 0.5) is 0 Å². The molecule has 1 atom stereocenters. The van der Waals surface area contributed by atoms with E-state index in [4.69, 9.17) is 9.47 Å². The Balaban J connectivity index is 1.80. The van der Waals surface area contributed by atoms with Crippen LogP contribution in [0.2, 0.25) is 0 Å². The van der Waals surface area contributed by atoms with Gasteiger partial charge in [-0.3, -0.25) is 9.59 Å². The fourth-order valence-electron chi connectivity index (χ4n) is 3.44. The first-order chi connectivity index (χ1) is 15.0. The number of carbonyl (C=O) groups excluding carboxylic acids is 1. The molecule has 0 aliphatic heterocycles. The second kappa shape index (κ2) is 8.31. The second-order valence-corrected chi connectivity index (χ2v) is 6.90. The number of imidazole rings is 1. The quantitative estimate of drug-likeness (QED) is 0.496. The topological polar surface area (TPSA) is 111 Å². The summed E-state index contributed by atoms with van der Waals surface area (Å²) in [7, 11) is 4.96. The van der Waals surface area contributed by atoms with Crippen LogP contribution in [0.15, 0.2) is 59.7 Å². The van der Waals surface area contributed by atoms with Gasteiger partial charge in [0.25, 0.3) is 11.5 Å². The highest BCUT2D eigenvalue weighted by molar-refractivity contribution is 6.04. The van der Waals surface area contributed by atoms with E-state index in [2.05, 4.69) is 20.5 Å². The molecule has 0 spiro atoms. The number of hydrogen-bond donors (Lipinski definition) is 2. The van der Waals surface area contributed by atoms with Crippen LogP contribution >= 0.6 is 0 Å². The van der Waals surface area contributed by atoms with Crippen LogP contribution in [0.25, 0.3) is 10.8 Å². The molecule has 31 heavy (non-hydrogen) atoms. The van der Waals surface area contributed by atoms with Crippen molar-refractivity contribution < 1.29 is 14.3 Å². The van der Waals surface area contributed by atoms with Crippen molar-refractivity contribution in [2.75, 3.05) is 14.2 Å². The van der Waals surface area contributed by atoms with Crippen LogP contribution in [0.1, 0.15) is 27.9 Å². The summed E-state index contributed by atoms with van der Waals surface area (Å²) in [6.45, 7) is 0. The number of nitrogens with zero attached hydrogens (tertiary/aromatic N) is 3. The highest BCUT2D eigenvalue weighted by Crippen LogP contribution is 2.30. The smallest absolute Gasteiger partial charge is 0.273 e. The van der Waals surface area contributed by atoms with Crippen molar-refractivity contribution in [3.8, 4) is 11.5 Å². The molecule has 2 aromatic carbocycles. The standard InChI is InChI=1S/C22H21N5O4/c1-27-9-8-23-20(27)18(13-10-14(30-2)12-15(11-13)31-3)24-22(29)19-16-6-4-5-7-17(16)21(28)26-25-19/h4-12,18H,1-3H3,(H,24,29)(H,26,28). The Morgan fingerprint density at radius 3 is 2.39 bits per heavy atom. The first-order valence-corrected chi connectivity index (χ1v) is 9.50. The zero-order chi connectivity index (χ0) is 22.0. The van der Waals surface area contributed by atoms with E-state index in [1.807, 2.05) is 11.6 Å². The zero-order valence-electron chi connectivity index (χ0n) is 17.2. The van der Waals surface area contributed by atoms with Crippen molar-refractivity contribution in [2.24, 2.45) is 7.05 Å². The maximum atomic E-state index is 13.3. The summed E-state index contributed by atoms with van der Waals surface area (Å²) in [5.41, 5.74) is 0.474. The predicted octanol–water partition coefficient (Wildman–Crippen LogP) is 2.19. The van der Waals surface area contributed by atoms with Crippen LogP contribution in [-0.4, -0.2) is 39.9 Å². The summed E-state index contributed by atoms with van der Waals surface area (Å²) >= 11 is 0. The number of ether oxygens (including phenoxy) is 2. The van der Waals surface area contributed by atoms with Crippen LogP contribution < -0.4 is 20.3 Å². The molecule has 9 heteroatoms. The zero-order valence-corrected chi connectivity index (χ0v) is 17.2. The Morgan fingerprint density at radius 1 is 1.10 bits per heavy atom. The minimum atomic E-state index is -0.621. The van der Waals surface area contributed by atoms with Crippen LogP contribution in [0.3, 0.4) is 0 Å². The fraction of sp³-hybridized carbons (Fsp3) is 0.182. The minimum absolute atomic E-state index is 0.115. The van der Waals surface area contributed by atoms with Gasteiger partial charge in [0.2, 0.25) is 0 Å². The summed E-state index contributed by atoms with van der Waals surface area (Å²) in [4.78, 5) is 29.8. The molecule has 1 unspecified atom stereocenters. The highest BCUT2D eigenvalue weighted by Gasteiger charge is 2.25. The van der Waals surface area contributed by atoms with Crippen LogP contribution in [-0.2, 0) is 7.05 Å². The van der Waals surface area contributed by atoms with Gasteiger partial charge >= 0.3 is 0 Å². The number of benzene rings is 2. The van der Waals surface area contributed by atoms with Gasteiger partial charge in [0.15, 0.2) is 5.69 Å². The second-order valence-electron chi connectivity index (χ2n) is 6.90. The van der Waals surface area contributed by atoms with Crippen molar-refractivity contribution in [2.45, 2.75) is 6.04 Å². The van der Waals surface area contributed by atoms with Gasteiger partial charge in [-0.2, -0.15) is 5.10 Å². The number of rotatable bonds is 6. The summed E-state index contributed by atoms with van der Waals surface area (Å²) in [5.74, 6) is 1.31. The predicted molar refractivity (Wildman–Crippen MR) is 114 cm³/mol. The van der Waals surface area contributed by atoms with E-state index in [-0.39, 0.29) is 11.3 Å². The number of methoxy groups -OCH3 is 2. The lowest BCUT2D eigenvalue weighted by Crippen LogP contribution is -2.32. The number of carbonyl (C=O) groups is 1. The Hall–Kier alpha value is -4.14. The average Bonchev–Trinajstić information content (AvgIpc) is 3.22. The molecule has 0 saturated carbocycles. The van der Waals surface area contributed by atoms with E-state index in [0.29, 0.717) is 33.7 Å². The molecule has 1 amide bonds. The van der Waals surface area contributed by atoms with Gasteiger partial charge in [-0.1, -0.05) is 18.2 Å². The molecule has 2 N–H and O–H groups in total. The molecule has 0 saturated heterocycles. The summed E-state index contributed by atoms with van der Waals surface area (Å²) in [5, 5.41) is 10.2. The lowest BCUT2D eigenvalue weighted by Gasteiger charge is -2.20. The van der Waals surface area contributed by atoms with Crippen LogP contribution in [0, 0.1) is 0 Å². The van der Waals surface area contributed by atoms with Gasteiger partial charge in [-0.05, 0) is 23.8 Å². The molecule has 4 rings (SSSR count). The number of aryl methyl sites for hydroxylation is 1. The van der Waals surface area contributed by atoms with Gasteiger partial charge in [0.05, 0.1) is 19.6 Å². The van der Waals surface area contributed by atoms with E-state index in [0.717, 1.165) is 0 Å². The fourth-order valence-corrected chi connectivity index (χ4v) is 3.44. The number of amides is 1. The molecule has 0 aliphatic carbocycles. The third-order valence-electron chi connectivity index (χ3n) is 5.01. The van der Waals surface area contributed by atoms with E-state index >= 15 is 0 Å². The summed E-state index contributed by atoms with van der Waals surface area (Å²) in [6, 6.07) is 11.6. The molecular weight excluding hydrogens is 398 g/mol. The van der Waals surface area contributed by atoms with Crippen molar-refractivity contribution >= 4 is 16.7 Å². The molecule has 2 aromatic heterocycles.